The number of aliphatic hydroxyl groups is 1. The lowest BCUT2D eigenvalue weighted by atomic mass is 9.96. The third-order valence-electron chi connectivity index (χ3n) is 5.72. The van der Waals surface area contributed by atoms with Crippen LogP contribution in [0.1, 0.15) is 41.9 Å². The molecular weight excluding hydrogens is 468 g/mol. The maximum absolute atomic E-state index is 13.9. The molecule has 11 heteroatoms. The van der Waals surface area contributed by atoms with E-state index in [1.807, 2.05) is 0 Å². The molecule has 0 bridgehead atoms. The second kappa shape index (κ2) is 9.14. The van der Waals surface area contributed by atoms with Crippen molar-refractivity contribution in [2.45, 2.75) is 38.6 Å². The number of esters is 1. The van der Waals surface area contributed by atoms with Gasteiger partial charge in [0.2, 0.25) is 5.60 Å². The van der Waals surface area contributed by atoms with Gasteiger partial charge in [-0.25, -0.2) is 13.9 Å². The number of carbonyl (C=O) groups excluding carboxylic acids is 1. The summed E-state index contributed by atoms with van der Waals surface area (Å²) < 4.78 is 62.0. The molecule has 7 nitrogen and oxygen atoms in total. The van der Waals surface area contributed by atoms with Crippen LogP contribution in [0.25, 0.3) is 16.8 Å². The molecule has 1 aromatic carbocycles. The fourth-order valence-corrected chi connectivity index (χ4v) is 3.90. The zero-order chi connectivity index (χ0) is 25.4. The van der Waals surface area contributed by atoms with Crippen molar-refractivity contribution in [3.05, 3.63) is 77.5 Å². The summed E-state index contributed by atoms with van der Waals surface area (Å²) in [5, 5.41) is 17.4. The van der Waals surface area contributed by atoms with Crippen molar-refractivity contribution in [3.63, 3.8) is 0 Å². The average molecular weight is 490 g/mol. The molecular formula is C24H22F4N4O3. The molecule has 3 aromatic heterocycles. The number of rotatable bonds is 7. The van der Waals surface area contributed by atoms with E-state index < -0.39 is 35.7 Å². The molecule has 3 heterocycles. The van der Waals surface area contributed by atoms with Gasteiger partial charge >= 0.3 is 12.1 Å². The standard InChI is InChI=1S/C24H22F4N4O3/c1-3-23(34,24(26,27)28)20-14-31(30-29-20)13-15-8-9-32-18(10-15)12-19(22(33)35-4-2)21(32)16-6-5-7-17(25)11-16/h5-12,14,34H,3-4,13H2,1-2H3. The Morgan fingerprint density at radius 2 is 1.91 bits per heavy atom. The minimum atomic E-state index is -4.90. The molecule has 0 fully saturated rings. The van der Waals surface area contributed by atoms with Crippen molar-refractivity contribution in [1.29, 1.82) is 0 Å². The number of nitrogens with zero attached hydrogens (tertiary/aromatic N) is 4. The normalized spacial score (nSPS) is 13.7. The number of alkyl halides is 3. The minimum absolute atomic E-state index is 0.0658. The number of fused-ring (bicyclic) bond motifs is 1. The maximum Gasteiger partial charge on any atom is 0.423 e. The van der Waals surface area contributed by atoms with Crippen LogP contribution in [-0.4, -0.2) is 43.3 Å². The van der Waals surface area contributed by atoms with Crippen molar-refractivity contribution < 1.29 is 32.2 Å². The second-order valence-electron chi connectivity index (χ2n) is 7.98. The smallest absolute Gasteiger partial charge is 0.423 e. The number of pyridine rings is 1. The van der Waals surface area contributed by atoms with E-state index >= 15 is 0 Å². The van der Waals surface area contributed by atoms with Crippen LogP contribution >= 0.6 is 0 Å². The molecule has 0 amide bonds. The molecule has 1 unspecified atom stereocenters. The highest BCUT2D eigenvalue weighted by Crippen LogP contribution is 2.40. The number of hydrogen-bond acceptors (Lipinski definition) is 5. The Bertz CT molecular complexity index is 1380. The van der Waals surface area contributed by atoms with Crippen molar-refractivity contribution in [2.24, 2.45) is 0 Å². The van der Waals surface area contributed by atoms with Crippen LogP contribution < -0.4 is 0 Å². The largest absolute Gasteiger partial charge is 0.462 e. The Hall–Kier alpha value is -3.73. The van der Waals surface area contributed by atoms with E-state index in [4.69, 9.17) is 4.74 Å². The summed E-state index contributed by atoms with van der Waals surface area (Å²) in [5.74, 6) is -1.03. The van der Waals surface area contributed by atoms with Crippen LogP contribution in [0.2, 0.25) is 0 Å². The highest BCUT2D eigenvalue weighted by Gasteiger charge is 2.55. The number of ether oxygens (including phenoxy) is 1. The number of aromatic nitrogens is 4. The summed E-state index contributed by atoms with van der Waals surface area (Å²) in [7, 11) is 0. The topological polar surface area (TPSA) is 81.6 Å². The van der Waals surface area contributed by atoms with Crippen LogP contribution in [0.4, 0.5) is 17.6 Å². The lowest BCUT2D eigenvalue weighted by Crippen LogP contribution is -2.42. The summed E-state index contributed by atoms with van der Waals surface area (Å²) in [5.41, 5.74) is -1.26. The lowest BCUT2D eigenvalue weighted by Gasteiger charge is -2.26. The third-order valence-corrected chi connectivity index (χ3v) is 5.72. The van der Waals surface area contributed by atoms with Crippen LogP contribution in [0.3, 0.4) is 0 Å². The van der Waals surface area contributed by atoms with Crippen molar-refractivity contribution in [1.82, 2.24) is 19.4 Å². The number of halogens is 4. The van der Waals surface area contributed by atoms with Gasteiger partial charge < -0.3 is 14.2 Å². The van der Waals surface area contributed by atoms with Gasteiger partial charge in [-0.2, -0.15) is 13.2 Å². The molecule has 0 radical (unpaired) electrons. The highest BCUT2D eigenvalue weighted by atomic mass is 19.4. The number of benzene rings is 1. The molecule has 0 aliphatic rings. The van der Waals surface area contributed by atoms with Gasteiger partial charge in [0.15, 0.2) is 0 Å². The van der Waals surface area contributed by atoms with Crippen LogP contribution in [0.15, 0.2) is 54.9 Å². The zero-order valence-electron chi connectivity index (χ0n) is 18.9. The number of hydrogen-bond donors (Lipinski definition) is 1. The predicted octanol–water partition coefficient (Wildman–Crippen LogP) is 4.72. The van der Waals surface area contributed by atoms with E-state index in [9.17, 15) is 27.5 Å². The van der Waals surface area contributed by atoms with Crippen molar-refractivity contribution in [2.75, 3.05) is 6.61 Å². The quantitative estimate of drug-likeness (QED) is 0.300. The minimum Gasteiger partial charge on any atom is -0.462 e. The summed E-state index contributed by atoms with van der Waals surface area (Å²) in [6.07, 6.45) is -2.78. The monoisotopic (exact) mass is 490 g/mol. The summed E-state index contributed by atoms with van der Waals surface area (Å²) in [6.45, 7) is 3.12. The first-order chi connectivity index (χ1) is 16.6. The summed E-state index contributed by atoms with van der Waals surface area (Å²) in [6, 6.07) is 10.8. The van der Waals surface area contributed by atoms with E-state index in [0.29, 0.717) is 22.3 Å². The van der Waals surface area contributed by atoms with Crippen LogP contribution in [0.5, 0.6) is 0 Å². The molecule has 0 aliphatic heterocycles. The fourth-order valence-electron chi connectivity index (χ4n) is 3.90. The fraction of sp³-hybridized carbons (Fsp3) is 0.292. The highest BCUT2D eigenvalue weighted by molar-refractivity contribution is 5.99. The van der Waals surface area contributed by atoms with Gasteiger partial charge in [0.1, 0.15) is 11.5 Å². The lowest BCUT2D eigenvalue weighted by molar-refractivity contribution is -0.269. The van der Waals surface area contributed by atoms with E-state index in [1.165, 1.54) is 29.8 Å². The van der Waals surface area contributed by atoms with Gasteiger partial charge in [0.25, 0.3) is 0 Å². The van der Waals surface area contributed by atoms with E-state index in [0.717, 1.165) is 6.20 Å². The summed E-state index contributed by atoms with van der Waals surface area (Å²) >= 11 is 0. The Balaban J connectivity index is 1.72. The maximum atomic E-state index is 13.9. The Morgan fingerprint density at radius 1 is 1.14 bits per heavy atom. The molecule has 184 valence electrons. The Morgan fingerprint density at radius 3 is 2.57 bits per heavy atom. The Labute approximate surface area is 197 Å². The van der Waals surface area contributed by atoms with E-state index in [-0.39, 0.29) is 18.7 Å². The van der Waals surface area contributed by atoms with Gasteiger partial charge in [-0.05, 0) is 49.2 Å². The first-order valence-corrected chi connectivity index (χ1v) is 10.8. The molecule has 0 saturated carbocycles. The molecule has 4 aromatic rings. The molecule has 0 aliphatic carbocycles. The second-order valence-corrected chi connectivity index (χ2v) is 7.98. The first kappa shape index (κ1) is 24.4. The molecule has 1 atom stereocenters. The van der Waals surface area contributed by atoms with Gasteiger partial charge in [-0.3, -0.25) is 0 Å². The van der Waals surface area contributed by atoms with Crippen LogP contribution in [0, 0.1) is 5.82 Å². The molecule has 4 rings (SSSR count). The molecule has 0 spiro atoms. The number of carbonyl (C=O) groups is 1. The summed E-state index contributed by atoms with van der Waals surface area (Å²) in [4.78, 5) is 12.6. The SMILES string of the molecule is CCOC(=O)c1cc2cc(Cn3cc(C(O)(CC)C(F)(F)F)nn3)ccn2c1-c1cccc(F)c1. The zero-order valence-corrected chi connectivity index (χ0v) is 18.9. The molecule has 35 heavy (non-hydrogen) atoms. The van der Waals surface area contributed by atoms with Gasteiger partial charge in [0.05, 0.1) is 30.6 Å². The van der Waals surface area contributed by atoms with Gasteiger partial charge in [0, 0.05) is 17.3 Å². The predicted molar refractivity (Wildman–Crippen MR) is 118 cm³/mol. The molecule has 0 saturated heterocycles. The van der Waals surface area contributed by atoms with E-state index in [2.05, 4.69) is 10.3 Å². The van der Waals surface area contributed by atoms with Crippen molar-refractivity contribution in [3.8, 4) is 11.3 Å². The van der Waals surface area contributed by atoms with Gasteiger partial charge in [-0.15, -0.1) is 5.10 Å². The van der Waals surface area contributed by atoms with Gasteiger partial charge in [-0.1, -0.05) is 24.3 Å². The Kier molecular flexibility index (Phi) is 6.37. The molecule has 1 N–H and O–H groups in total. The van der Waals surface area contributed by atoms with Crippen LogP contribution in [-0.2, 0) is 16.9 Å². The first-order valence-electron chi connectivity index (χ1n) is 10.8. The third kappa shape index (κ3) is 4.51. The average Bonchev–Trinajstić information content (AvgIpc) is 3.42. The van der Waals surface area contributed by atoms with Crippen molar-refractivity contribution >= 4 is 11.5 Å². The van der Waals surface area contributed by atoms with E-state index in [1.54, 1.807) is 41.8 Å².